The molecule has 0 atom stereocenters. The lowest BCUT2D eigenvalue weighted by Gasteiger charge is -2.30. The molecule has 168 valence electrons. The second kappa shape index (κ2) is 8.35. The fourth-order valence-electron chi connectivity index (χ4n) is 3.38. The Morgan fingerprint density at radius 1 is 1.13 bits per heavy atom. The highest BCUT2D eigenvalue weighted by Crippen LogP contribution is 2.30. The Morgan fingerprint density at radius 2 is 1.71 bits per heavy atom. The maximum absolute atomic E-state index is 12.8. The van der Waals surface area contributed by atoms with E-state index in [1.165, 1.54) is 22.1 Å². The number of nitrogens with zero attached hydrogens (tertiary/aromatic N) is 2. The molecule has 1 aromatic heterocycles. The van der Waals surface area contributed by atoms with Crippen molar-refractivity contribution in [2.75, 3.05) is 18.4 Å². The van der Waals surface area contributed by atoms with Crippen molar-refractivity contribution in [3.8, 4) is 0 Å². The van der Waals surface area contributed by atoms with Crippen LogP contribution >= 0.6 is 0 Å². The van der Waals surface area contributed by atoms with E-state index in [1.807, 2.05) is 0 Å². The zero-order valence-corrected chi connectivity index (χ0v) is 17.2. The van der Waals surface area contributed by atoms with Crippen LogP contribution in [0, 0.1) is 5.92 Å². The third-order valence-electron chi connectivity index (χ3n) is 5.14. The van der Waals surface area contributed by atoms with E-state index in [2.05, 4.69) is 5.32 Å². The Bertz CT molecular complexity index is 1090. The normalized spacial score (nSPS) is 16.3. The summed E-state index contributed by atoms with van der Waals surface area (Å²) in [6.07, 6.45) is -2.79. The highest BCUT2D eigenvalue weighted by molar-refractivity contribution is 7.89. The lowest BCUT2D eigenvalue weighted by Crippen LogP contribution is -2.41. The zero-order chi connectivity index (χ0) is 23.0. The van der Waals surface area contributed by atoms with Crippen molar-refractivity contribution in [3.05, 3.63) is 47.8 Å². The van der Waals surface area contributed by atoms with Gasteiger partial charge in [-0.1, -0.05) is 0 Å². The molecule has 0 radical (unpaired) electrons. The fourth-order valence-corrected chi connectivity index (χ4v) is 4.92. The Hall–Kier alpha value is -2.86. The van der Waals surface area contributed by atoms with Crippen molar-refractivity contribution >= 4 is 27.6 Å². The van der Waals surface area contributed by atoms with Gasteiger partial charge in [-0.25, -0.2) is 13.2 Å². The number of rotatable bonds is 5. The van der Waals surface area contributed by atoms with Crippen LogP contribution in [0.4, 0.5) is 18.9 Å². The molecule has 31 heavy (non-hydrogen) atoms. The van der Waals surface area contributed by atoms with Crippen LogP contribution in [-0.2, 0) is 28.0 Å². The van der Waals surface area contributed by atoms with Gasteiger partial charge in [-0.2, -0.15) is 17.5 Å². The summed E-state index contributed by atoms with van der Waals surface area (Å²) in [4.78, 5) is 23.4. The summed E-state index contributed by atoms with van der Waals surface area (Å²) in [5.74, 6) is -2.15. The molecule has 1 aliphatic rings. The number of carboxylic acids is 1. The summed E-state index contributed by atoms with van der Waals surface area (Å²) in [6.45, 7) is 0.120. The second-order valence-electron chi connectivity index (χ2n) is 7.22. The van der Waals surface area contributed by atoms with Crippen LogP contribution in [0.25, 0.3) is 0 Å². The van der Waals surface area contributed by atoms with Crippen molar-refractivity contribution < 1.29 is 36.3 Å². The molecule has 2 heterocycles. The van der Waals surface area contributed by atoms with Gasteiger partial charge in [-0.3, -0.25) is 4.79 Å². The van der Waals surface area contributed by atoms with Gasteiger partial charge in [-0.15, -0.1) is 0 Å². The summed E-state index contributed by atoms with van der Waals surface area (Å²) in [5.41, 5.74) is -0.765. The van der Waals surface area contributed by atoms with Crippen molar-refractivity contribution in [3.63, 3.8) is 0 Å². The van der Waals surface area contributed by atoms with Crippen LogP contribution in [-0.4, -0.2) is 47.4 Å². The number of carbonyl (C=O) groups is 2. The third kappa shape index (κ3) is 4.90. The number of aromatic carboxylic acids is 1. The minimum atomic E-state index is -4.47. The Kier molecular flexibility index (Phi) is 6.14. The van der Waals surface area contributed by atoms with Crippen LogP contribution in [0.2, 0.25) is 0 Å². The highest BCUT2D eigenvalue weighted by Gasteiger charge is 2.34. The molecule has 0 unspecified atom stereocenters. The van der Waals surface area contributed by atoms with E-state index in [1.54, 1.807) is 0 Å². The summed E-state index contributed by atoms with van der Waals surface area (Å²) in [6, 6.07) is 5.15. The van der Waals surface area contributed by atoms with Crippen molar-refractivity contribution in [1.82, 2.24) is 8.87 Å². The number of aryl methyl sites for hydroxylation is 1. The van der Waals surface area contributed by atoms with Gasteiger partial charge in [0.2, 0.25) is 15.9 Å². The number of amides is 1. The summed E-state index contributed by atoms with van der Waals surface area (Å²) in [7, 11) is -2.48. The summed E-state index contributed by atoms with van der Waals surface area (Å²) in [5, 5.41) is 11.7. The Morgan fingerprint density at radius 3 is 2.19 bits per heavy atom. The highest BCUT2D eigenvalue weighted by atomic mass is 32.2. The molecule has 12 heteroatoms. The first-order valence-electron chi connectivity index (χ1n) is 9.27. The van der Waals surface area contributed by atoms with Crippen LogP contribution < -0.4 is 5.32 Å². The smallest absolute Gasteiger partial charge is 0.416 e. The van der Waals surface area contributed by atoms with Crippen LogP contribution in [0.1, 0.15) is 28.9 Å². The molecule has 2 N–H and O–H groups in total. The second-order valence-corrected chi connectivity index (χ2v) is 9.16. The number of halogens is 3. The molecule has 1 fully saturated rings. The van der Waals surface area contributed by atoms with Crippen molar-refractivity contribution in [1.29, 1.82) is 0 Å². The molecule has 1 aromatic carbocycles. The molecule has 2 aromatic rings. The topological polar surface area (TPSA) is 109 Å². The van der Waals surface area contributed by atoms with Gasteiger partial charge in [-0.05, 0) is 43.2 Å². The molecule has 0 bridgehead atoms. The number of hydrogen-bond acceptors (Lipinski definition) is 4. The fraction of sp³-hybridized carbons (Fsp3) is 0.368. The average molecular weight is 459 g/mol. The molecule has 8 nitrogen and oxygen atoms in total. The first-order chi connectivity index (χ1) is 14.4. The van der Waals surface area contributed by atoms with E-state index in [0.717, 1.165) is 30.3 Å². The average Bonchev–Trinajstić information content (AvgIpc) is 3.10. The van der Waals surface area contributed by atoms with E-state index in [9.17, 15) is 31.2 Å². The van der Waals surface area contributed by atoms with Gasteiger partial charge in [0.25, 0.3) is 0 Å². The number of carboxylic acid groups (broad SMARTS) is 1. The van der Waals surface area contributed by atoms with Gasteiger partial charge in [0.1, 0.15) is 10.6 Å². The van der Waals surface area contributed by atoms with E-state index in [0.29, 0.717) is 0 Å². The quantitative estimate of drug-likeness (QED) is 0.715. The molecule has 1 amide bonds. The summed E-state index contributed by atoms with van der Waals surface area (Å²) < 4.78 is 65.8. The predicted molar refractivity (Wildman–Crippen MR) is 104 cm³/mol. The van der Waals surface area contributed by atoms with Gasteiger partial charge < -0.3 is 15.0 Å². The van der Waals surface area contributed by atoms with Gasteiger partial charge in [0.15, 0.2) is 0 Å². The first-order valence-corrected chi connectivity index (χ1v) is 10.7. The number of carbonyl (C=O) groups excluding carboxylic acids is 1. The molecular weight excluding hydrogens is 439 g/mol. The Labute approximate surface area is 176 Å². The molecule has 0 spiro atoms. The number of alkyl halides is 3. The number of piperidine rings is 1. The van der Waals surface area contributed by atoms with Crippen LogP contribution in [0.3, 0.4) is 0 Å². The number of anilines is 1. The molecule has 3 rings (SSSR count). The molecule has 1 aliphatic heterocycles. The van der Waals surface area contributed by atoms with Crippen LogP contribution in [0.15, 0.2) is 41.4 Å². The molecule has 0 aliphatic carbocycles. The SMILES string of the molecule is Cn1cc(S(=O)(=O)N2CCC(C(=O)Nc3ccc(C(F)(F)F)cc3)CC2)cc1C(=O)O. The Balaban J connectivity index is 1.61. The van der Waals surface area contributed by atoms with Crippen LogP contribution in [0.5, 0.6) is 0 Å². The van der Waals surface area contributed by atoms with Crippen molar-refractivity contribution in [2.24, 2.45) is 13.0 Å². The van der Waals surface area contributed by atoms with E-state index < -0.39 is 39.6 Å². The molecule has 0 saturated carbocycles. The van der Waals surface area contributed by atoms with Gasteiger partial charge in [0, 0.05) is 37.9 Å². The minimum Gasteiger partial charge on any atom is -0.477 e. The third-order valence-corrected chi connectivity index (χ3v) is 7.01. The lowest BCUT2D eigenvalue weighted by atomic mass is 9.97. The van der Waals surface area contributed by atoms with Crippen molar-refractivity contribution in [2.45, 2.75) is 23.9 Å². The monoisotopic (exact) mass is 459 g/mol. The standard InChI is InChI=1S/C19H20F3N3O5S/c1-24-11-15(10-16(24)18(27)28)31(29,30)25-8-6-12(7-9-25)17(26)23-14-4-2-13(3-5-14)19(20,21)22/h2-5,10-12H,6-9H2,1H3,(H,23,26)(H,27,28). The maximum Gasteiger partial charge on any atom is 0.416 e. The molecular formula is C19H20F3N3O5S. The predicted octanol–water partition coefficient (Wildman–Crippen LogP) is 2.78. The summed E-state index contributed by atoms with van der Waals surface area (Å²) >= 11 is 0. The minimum absolute atomic E-state index is 0.0602. The first kappa shape index (κ1) is 22.8. The number of aromatic nitrogens is 1. The number of nitrogens with one attached hydrogen (secondary N) is 1. The molecule has 1 saturated heterocycles. The largest absolute Gasteiger partial charge is 0.477 e. The number of hydrogen-bond donors (Lipinski definition) is 2. The van der Waals surface area contributed by atoms with E-state index >= 15 is 0 Å². The number of benzene rings is 1. The van der Waals surface area contributed by atoms with E-state index in [4.69, 9.17) is 5.11 Å². The van der Waals surface area contributed by atoms with Gasteiger partial charge in [0.05, 0.1) is 5.56 Å². The van der Waals surface area contributed by atoms with Gasteiger partial charge >= 0.3 is 12.1 Å². The number of sulfonamides is 1. The maximum atomic E-state index is 12.8. The zero-order valence-electron chi connectivity index (χ0n) is 16.4. The van der Waals surface area contributed by atoms with E-state index in [-0.39, 0.29) is 42.2 Å². The lowest BCUT2D eigenvalue weighted by molar-refractivity contribution is -0.137.